The SMILES string of the molecule is CC1(C)CCc2cc(CC(=O)N3CC4CC(C3)C3CCCC(=O)N3C4)ccc2O1. The molecule has 2 amide bonds. The van der Waals surface area contributed by atoms with Gasteiger partial charge in [-0.2, -0.15) is 0 Å². The molecule has 4 aliphatic heterocycles. The highest BCUT2D eigenvalue weighted by atomic mass is 16.5. The molecule has 0 spiro atoms. The van der Waals surface area contributed by atoms with Gasteiger partial charge in [-0.3, -0.25) is 9.59 Å². The fourth-order valence-corrected chi connectivity index (χ4v) is 5.92. The first-order valence-electron chi connectivity index (χ1n) is 11.3. The summed E-state index contributed by atoms with van der Waals surface area (Å²) >= 11 is 0. The summed E-state index contributed by atoms with van der Waals surface area (Å²) in [5.41, 5.74) is 2.20. The van der Waals surface area contributed by atoms with Crippen molar-refractivity contribution < 1.29 is 14.3 Å². The van der Waals surface area contributed by atoms with Crippen LogP contribution in [-0.2, 0) is 22.4 Å². The summed E-state index contributed by atoms with van der Waals surface area (Å²) in [6, 6.07) is 6.60. The van der Waals surface area contributed by atoms with Crippen molar-refractivity contribution in [2.24, 2.45) is 11.8 Å². The highest BCUT2D eigenvalue weighted by molar-refractivity contribution is 5.80. The third-order valence-electron chi connectivity index (χ3n) is 7.40. The van der Waals surface area contributed by atoms with Crippen LogP contribution in [0.5, 0.6) is 5.75 Å². The molecule has 0 aliphatic carbocycles. The van der Waals surface area contributed by atoms with Gasteiger partial charge in [0.1, 0.15) is 11.4 Å². The largest absolute Gasteiger partial charge is 0.488 e. The Balaban J connectivity index is 1.26. The first-order chi connectivity index (χ1) is 13.9. The van der Waals surface area contributed by atoms with Gasteiger partial charge in [0.25, 0.3) is 0 Å². The van der Waals surface area contributed by atoms with E-state index in [-0.39, 0.29) is 11.5 Å². The zero-order valence-electron chi connectivity index (χ0n) is 17.7. The Morgan fingerprint density at radius 3 is 2.93 bits per heavy atom. The molecular formula is C24H32N2O3. The second-order valence-electron chi connectivity index (χ2n) is 10.1. The van der Waals surface area contributed by atoms with Gasteiger partial charge in [0, 0.05) is 32.1 Å². The number of piperidine rings is 3. The molecule has 5 nitrogen and oxygen atoms in total. The number of rotatable bonds is 2. The van der Waals surface area contributed by atoms with Crippen LogP contribution in [0, 0.1) is 11.8 Å². The van der Waals surface area contributed by atoms with E-state index in [1.807, 2.05) is 12.1 Å². The number of benzene rings is 1. The van der Waals surface area contributed by atoms with Crippen molar-refractivity contribution in [1.82, 2.24) is 9.80 Å². The van der Waals surface area contributed by atoms with E-state index in [1.54, 1.807) is 0 Å². The lowest BCUT2D eigenvalue weighted by Gasteiger charge is -2.52. The molecule has 29 heavy (non-hydrogen) atoms. The molecular weight excluding hydrogens is 364 g/mol. The Kier molecular flexibility index (Phi) is 4.60. The molecule has 156 valence electrons. The molecule has 5 heteroatoms. The van der Waals surface area contributed by atoms with Crippen molar-refractivity contribution in [3.05, 3.63) is 29.3 Å². The number of hydrogen-bond acceptors (Lipinski definition) is 3. The van der Waals surface area contributed by atoms with Crippen molar-refractivity contribution in [3.8, 4) is 5.75 Å². The second-order valence-corrected chi connectivity index (χ2v) is 10.1. The molecule has 0 N–H and O–H groups in total. The molecule has 0 aromatic heterocycles. The van der Waals surface area contributed by atoms with Gasteiger partial charge in [-0.15, -0.1) is 0 Å². The molecule has 2 bridgehead atoms. The lowest BCUT2D eigenvalue weighted by atomic mass is 9.76. The van der Waals surface area contributed by atoms with E-state index in [4.69, 9.17) is 4.74 Å². The number of carbonyl (C=O) groups excluding carboxylic acids is 2. The summed E-state index contributed by atoms with van der Waals surface area (Å²) in [4.78, 5) is 29.6. The van der Waals surface area contributed by atoms with Crippen LogP contribution in [0.3, 0.4) is 0 Å². The molecule has 3 saturated heterocycles. The molecule has 5 rings (SSSR count). The predicted molar refractivity (Wildman–Crippen MR) is 111 cm³/mol. The van der Waals surface area contributed by atoms with Gasteiger partial charge in [-0.1, -0.05) is 12.1 Å². The minimum absolute atomic E-state index is 0.107. The van der Waals surface area contributed by atoms with E-state index in [0.29, 0.717) is 36.6 Å². The average molecular weight is 397 g/mol. The first-order valence-corrected chi connectivity index (χ1v) is 11.3. The van der Waals surface area contributed by atoms with Crippen molar-refractivity contribution in [1.29, 1.82) is 0 Å². The molecule has 4 aliphatic rings. The van der Waals surface area contributed by atoms with Gasteiger partial charge < -0.3 is 14.5 Å². The normalized spacial score (nSPS) is 30.3. The molecule has 3 unspecified atom stereocenters. The maximum Gasteiger partial charge on any atom is 0.227 e. The molecule has 1 aromatic rings. The van der Waals surface area contributed by atoms with Crippen LogP contribution in [0.15, 0.2) is 18.2 Å². The molecule has 1 aromatic carbocycles. The number of likely N-dealkylation sites (tertiary alicyclic amines) is 1. The van der Waals surface area contributed by atoms with Gasteiger partial charge in [-0.25, -0.2) is 0 Å². The van der Waals surface area contributed by atoms with Crippen LogP contribution in [0.2, 0.25) is 0 Å². The number of hydrogen-bond donors (Lipinski definition) is 0. The van der Waals surface area contributed by atoms with Crippen molar-refractivity contribution in [3.63, 3.8) is 0 Å². The molecule has 4 heterocycles. The summed E-state index contributed by atoms with van der Waals surface area (Å²) in [5, 5.41) is 0. The summed E-state index contributed by atoms with van der Waals surface area (Å²) in [7, 11) is 0. The lowest BCUT2D eigenvalue weighted by Crippen LogP contribution is -2.61. The van der Waals surface area contributed by atoms with Crippen LogP contribution in [0.4, 0.5) is 0 Å². The molecule has 3 atom stereocenters. The second kappa shape index (κ2) is 7.03. The summed E-state index contributed by atoms with van der Waals surface area (Å²) in [6.45, 7) is 6.71. The quantitative estimate of drug-likeness (QED) is 0.771. The molecule has 0 saturated carbocycles. The smallest absolute Gasteiger partial charge is 0.227 e. The van der Waals surface area contributed by atoms with Gasteiger partial charge in [0.2, 0.25) is 11.8 Å². The van der Waals surface area contributed by atoms with Crippen LogP contribution in [-0.4, -0.2) is 52.9 Å². The highest BCUT2D eigenvalue weighted by Crippen LogP contribution is 2.38. The number of nitrogens with zero attached hydrogens (tertiary/aromatic N) is 2. The first kappa shape index (κ1) is 19.0. The third-order valence-corrected chi connectivity index (χ3v) is 7.40. The Labute approximate surface area is 173 Å². The molecule has 0 radical (unpaired) electrons. The van der Waals surface area contributed by atoms with E-state index >= 15 is 0 Å². The van der Waals surface area contributed by atoms with Gasteiger partial charge in [0.15, 0.2) is 0 Å². The van der Waals surface area contributed by atoms with Crippen molar-refractivity contribution >= 4 is 11.8 Å². The topological polar surface area (TPSA) is 49.9 Å². The van der Waals surface area contributed by atoms with E-state index in [0.717, 1.165) is 56.6 Å². The third kappa shape index (κ3) is 3.64. The van der Waals surface area contributed by atoms with Crippen LogP contribution >= 0.6 is 0 Å². The zero-order valence-corrected chi connectivity index (χ0v) is 17.7. The van der Waals surface area contributed by atoms with Gasteiger partial charge in [0.05, 0.1) is 6.42 Å². The Morgan fingerprint density at radius 2 is 2.07 bits per heavy atom. The number of ether oxygens (including phenoxy) is 1. The maximum atomic E-state index is 13.1. The minimum Gasteiger partial charge on any atom is -0.488 e. The Morgan fingerprint density at radius 1 is 1.21 bits per heavy atom. The summed E-state index contributed by atoms with van der Waals surface area (Å²) < 4.78 is 6.08. The van der Waals surface area contributed by atoms with Crippen molar-refractivity contribution in [2.45, 2.75) is 70.4 Å². The number of carbonyl (C=O) groups is 2. The summed E-state index contributed by atoms with van der Waals surface area (Å²) in [5.74, 6) is 2.42. The van der Waals surface area contributed by atoms with Crippen LogP contribution in [0.1, 0.15) is 57.1 Å². The van der Waals surface area contributed by atoms with E-state index in [9.17, 15) is 9.59 Å². The van der Waals surface area contributed by atoms with E-state index in [2.05, 4.69) is 29.7 Å². The fraction of sp³-hybridized carbons (Fsp3) is 0.667. The number of amides is 2. The average Bonchev–Trinajstić information content (AvgIpc) is 2.68. The molecule has 3 fully saturated rings. The van der Waals surface area contributed by atoms with E-state index in [1.165, 1.54) is 12.0 Å². The predicted octanol–water partition coefficient (Wildman–Crippen LogP) is 3.19. The maximum absolute atomic E-state index is 13.1. The highest BCUT2D eigenvalue weighted by Gasteiger charge is 2.44. The van der Waals surface area contributed by atoms with Gasteiger partial charge >= 0.3 is 0 Å². The Bertz CT molecular complexity index is 833. The minimum atomic E-state index is -0.107. The monoisotopic (exact) mass is 396 g/mol. The van der Waals surface area contributed by atoms with Crippen molar-refractivity contribution in [2.75, 3.05) is 19.6 Å². The standard InChI is InChI=1S/C24H32N2O3/c1-24(2)9-8-18-10-16(6-7-21(18)29-24)12-23(28)25-13-17-11-19(15-25)20-4-3-5-22(27)26(20)14-17/h6-7,10,17,19-20H,3-5,8-9,11-15H2,1-2H3. The van der Waals surface area contributed by atoms with Crippen LogP contribution < -0.4 is 4.74 Å². The lowest BCUT2D eigenvalue weighted by molar-refractivity contribution is -0.148. The van der Waals surface area contributed by atoms with E-state index < -0.39 is 0 Å². The summed E-state index contributed by atoms with van der Waals surface area (Å²) in [6.07, 6.45) is 6.45. The number of fused-ring (bicyclic) bond motifs is 5. The van der Waals surface area contributed by atoms with Crippen LogP contribution in [0.25, 0.3) is 0 Å². The number of aryl methyl sites for hydroxylation is 1. The zero-order chi connectivity index (χ0) is 20.2. The van der Waals surface area contributed by atoms with Gasteiger partial charge in [-0.05, 0) is 75.0 Å². The fourth-order valence-electron chi connectivity index (χ4n) is 5.92. The Hall–Kier alpha value is -2.04.